The molecule has 0 unspecified atom stereocenters. The molecule has 35 heavy (non-hydrogen) atoms. The minimum Gasteiger partial charge on any atom is -0.481 e. The van der Waals surface area contributed by atoms with Gasteiger partial charge in [-0.1, -0.05) is 75.5 Å². The van der Waals surface area contributed by atoms with Crippen LogP contribution in [0, 0.1) is 0 Å². The Balaban J connectivity index is 0.00000162. The number of carboxylic acid groups (broad SMARTS) is 1. The Morgan fingerprint density at radius 3 is 2.26 bits per heavy atom. The number of carboxylic acids is 1. The van der Waals surface area contributed by atoms with Crippen LogP contribution in [0.4, 0.5) is 0 Å². The van der Waals surface area contributed by atoms with Gasteiger partial charge < -0.3 is 20.1 Å². The fourth-order valence-corrected chi connectivity index (χ4v) is 4.34. The first-order valence-electron chi connectivity index (χ1n) is 10.2. The molecule has 3 radical (unpaired) electrons. The molecule has 0 aliphatic rings. The lowest BCUT2D eigenvalue weighted by Gasteiger charge is -2.12. The molecule has 5 aromatic rings. The molecule has 7 heteroatoms. The molecule has 0 saturated carbocycles. The molecule has 0 saturated heterocycles. The van der Waals surface area contributed by atoms with Gasteiger partial charge >= 0.3 is 5.97 Å². The SMILES string of the molecule is C.C.NC(=O)c1cccc2c1c1c(OCC(=O)O)c3ccccc3cc1n2Cc1ccccc1.[2HH].[B]. The molecule has 0 bridgehead atoms. The highest BCUT2D eigenvalue weighted by molar-refractivity contribution is 6.23. The van der Waals surface area contributed by atoms with Crippen molar-refractivity contribution >= 4 is 52.9 Å². The number of benzene rings is 4. The van der Waals surface area contributed by atoms with Crippen LogP contribution in [0.25, 0.3) is 32.6 Å². The summed E-state index contributed by atoms with van der Waals surface area (Å²) in [5.74, 6) is -1.19. The Morgan fingerprint density at radius 2 is 1.57 bits per heavy atom. The Labute approximate surface area is 208 Å². The molecule has 0 atom stereocenters. The third-order valence-electron chi connectivity index (χ3n) is 5.64. The summed E-state index contributed by atoms with van der Waals surface area (Å²) in [6.07, 6.45) is 0. The highest BCUT2D eigenvalue weighted by atomic mass is 16.5. The largest absolute Gasteiger partial charge is 0.481 e. The van der Waals surface area contributed by atoms with Gasteiger partial charge in [0.05, 0.1) is 16.4 Å². The van der Waals surface area contributed by atoms with E-state index in [2.05, 4.69) is 4.57 Å². The van der Waals surface area contributed by atoms with E-state index in [9.17, 15) is 14.7 Å². The van der Waals surface area contributed by atoms with E-state index in [1.807, 2.05) is 66.7 Å². The van der Waals surface area contributed by atoms with Crippen LogP contribution in [0.15, 0.2) is 78.9 Å². The maximum atomic E-state index is 12.3. The molecule has 0 fully saturated rings. The van der Waals surface area contributed by atoms with E-state index < -0.39 is 18.5 Å². The van der Waals surface area contributed by atoms with Crippen molar-refractivity contribution in [3.8, 4) is 5.75 Å². The van der Waals surface area contributed by atoms with E-state index in [1.165, 1.54) is 0 Å². The summed E-state index contributed by atoms with van der Waals surface area (Å²) in [6, 6.07) is 25.1. The smallest absolute Gasteiger partial charge is 0.341 e. The molecule has 1 heterocycles. The predicted octanol–water partition coefficient (Wildman–Crippen LogP) is 5.70. The quantitative estimate of drug-likeness (QED) is 0.312. The van der Waals surface area contributed by atoms with Gasteiger partial charge in [-0.25, -0.2) is 4.79 Å². The van der Waals surface area contributed by atoms with Crippen molar-refractivity contribution in [2.45, 2.75) is 21.4 Å². The fraction of sp³-hybridized carbons (Fsp3) is 0.143. The molecular formula is C28H30BN2O4. The molecule has 0 spiro atoms. The lowest BCUT2D eigenvalue weighted by atomic mass is 10.0. The number of primary amides is 1. The molecule has 0 aliphatic heterocycles. The molecule has 179 valence electrons. The third-order valence-corrected chi connectivity index (χ3v) is 5.64. The van der Waals surface area contributed by atoms with Crippen molar-refractivity contribution in [3.05, 3.63) is 90.0 Å². The second-order valence-corrected chi connectivity index (χ2v) is 7.64. The molecule has 3 N–H and O–H groups in total. The maximum absolute atomic E-state index is 12.3. The van der Waals surface area contributed by atoms with Gasteiger partial charge in [0.25, 0.3) is 0 Å². The number of ether oxygens (including phenoxy) is 1. The van der Waals surface area contributed by atoms with Gasteiger partial charge in [0.2, 0.25) is 5.91 Å². The topological polar surface area (TPSA) is 94.6 Å². The lowest BCUT2D eigenvalue weighted by molar-refractivity contribution is -0.139. The minimum atomic E-state index is -1.07. The van der Waals surface area contributed by atoms with E-state index in [0.29, 0.717) is 28.6 Å². The first kappa shape index (κ1) is 27.0. The molecular weight excluding hydrogens is 439 g/mol. The first-order valence-corrected chi connectivity index (χ1v) is 10.2. The van der Waals surface area contributed by atoms with Crippen LogP contribution in [0.2, 0.25) is 0 Å². The normalized spacial score (nSPS) is 10.3. The number of aromatic nitrogens is 1. The van der Waals surface area contributed by atoms with Gasteiger partial charge in [-0.2, -0.15) is 0 Å². The highest BCUT2D eigenvalue weighted by Gasteiger charge is 2.22. The Morgan fingerprint density at radius 1 is 0.886 bits per heavy atom. The van der Waals surface area contributed by atoms with E-state index >= 15 is 0 Å². The van der Waals surface area contributed by atoms with Crippen molar-refractivity contribution in [1.29, 1.82) is 0 Å². The third kappa shape index (κ3) is 4.71. The summed E-state index contributed by atoms with van der Waals surface area (Å²) in [7, 11) is 0. The predicted molar refractivity (Wildman–Crippen MR) is 145 cm³/mol. The summed E-state index contributed by atoms with van der Waals surface area (Å²) < 4.78 is 7.95. The first-order chi connectivity index (χ1) is 15.5. The zero-order valence-electron chi connectivity index (χ0n) is 17.7. The second kappa shape index (κ2) is 10.8. The van der Waals surface area contributed by atoms with Gasteiger partial charge in [-0.05, 0) is 29.1 Å². The number of carbonyl (C=O) groups excluding carboxylic acids is 1. The number of carbonyl (C=O) groups is 2. The van der Waals surface area contributed by atoms with Gasteiger partial charge in [-0.3, -0.25) is 4.79 Å². The molecule has 1 amide bonds. The van der Waals surface area contributed by atoms with E-state index in [-0.39, 0.29) is 24.7 Å². The molecule has 5 rings (SSSR count). The number of fused-ring (bicyclic) bond motifs is 4. The zero-order valence-corrected chi connectivity index (χ0v) is 17.7. The van der Waals surface area contributed by atoms with Crippen LogP contribution >= 0.6 is 0 Å². The molecule has 0 aliphatic carbocycles. The molecule has 6 nitrogen and oxygen atoms in total. The summed E-state index contributed by atoms with van der Waals surface area (Å²) in [4.78, 5) is 23.7. The molecule has 1 aromatic heterocycles. The van der Waals surface area contributed by atoms with Crippen LogP contribution in [-0.2, 0) is 11.3 Å². The number of hydrogen-bond donors (Lipinski definition) is 2. The number of nitrogens with zero attached hydrogens (tertiary/aromatic N) is 1. The van der Waals surface area contributed by atoms with Crippen molar-refractivity contribution in [3.63, 3.8) is 0 Å². The molecule has 4 aromatic carbocycles. The Hall–Kier alpha value is -4.26. The lowest BCUT2D eigenvalue weighted by Crippen LogP contribution is -2.12. The average molecular weight is 470 g/mol. The average Bonchev–Trinajstić information content (AvgIpc) is 3.10. The second-order valence-electron chi connectivity index (χ2n) is 7.64. The highest BCUT2D eigenvalue weighted by Crippen LogP contribution is 2.42. The van der Waals surface area contributed by atoms with Crippen LogP contribution in [0.5, 0.6) is 5.75 Å². The summed E-state index contributed by atoms with van der Waals surface area (Å²) in [5.41, 5.74) is 8.87. The monoisotopic (exact) mass is 470 g/mol. The number of hydrogen-bond acceptors (Lipinski definition) is 3. The van der Waals surface area contributed by atoms with Crippen LogP contribution in [0.3, 0.4) is 0 Å². The van der Waals surface area contributed by atoms with Gasteiger partial charge in [0.1, 0.15) is 5.75 Å². The van der Waals surface area contributed by atoms with Crippen LogP contribution < -0.4 is 10.5 Å². The summed E-state index contributed by atoms with van der Waals surface area (Å²) in [5, 5.41) is 12.3. The van der Waals surface area contributed by atoms with Crippen LogP contribution in [0.1, 0.15) is 32.2 Å². The van der Waals surface area contributed by atoms with Crippen molar-refractivity contribution in [2.24, 2.45) is 5.73 Å². The maximum Gasteiger partial charge on any atom is 0.341 e. The standard InChI is InChI=1S/C26H20N2O4.2CH4.B.H2/c27-26(31)19-11-6-12-20-23(19)24-21(28(20)14-16-7-2-1-3-8-16)13-17-9-4-5-10-18(17)25(24)32-15-22(29)30;;;;/h1-13H,14-15H2,(H2,27,31)(H,29,30);2*1H4;;1H/i;;;;1+1. The number of nitrogens with two attached hydrogens (primary N) is 1. The number of rotatable bonds is 6. The van der Waals surface area contributed by atoms with E-state index in [1.54, 1.807) is 12.1 Å². The summed E-state index contributed by atoms with van der Waals surface area (Å²) >= 11 is 0. The minimum absolute atomic E-state index is 0. The number of aliphatic carboxylic acids is 1. The number of amides is 1. The van der Waals surface area contributed by atoms with E-state index in [0.717, 1.165) is 27.4 Å². The summed E-state index contributed by atoms with van der Waals surface area (Å²) in [6.45, 7) is 0.0764. The van der Waals surface area contributed by atoms with E-state index in [4.69, 9.17) is 10.5 Å². The van der Waals surface area contributed by atoms with Crippen molar-refractivity contribution in [2.75, 3.05) is 6.61 Å². The fourth-order valence-electron chi connectivity index (χ4n) is 4.34. The van der Waals surface area contributed by atoms with Gasteiger partial charge in [0, 0.05) is 32.7 Å². The Bertz CT molecular complexity index is 1520. The zero-order chi connectivity index (χ0) is 22.2. The van der Waals surface area contributed by atoms with Gasteiger partial charge in [0.15, 0.2) is 6.61 Å². The van der Waals surface area contributed by atoms with Crippen molar-refractivity contribution < 1.29 is 20.9 Å². The Kier molecular flexibility index (Phi) is 8.32. The van der Waals surface area contributed by atoms with Crippen LogP contribution in [-0.4, -0.2) is 36.6 Å². The van der Waals surface area contributed by atoms with Crippen molar-refractivity contribution in [1.82, 2.24) is 4.57 Å². The van der Waals surface area contributed by atoms with Gasteiger partial charge in [-0.15, -0.1) is 0 Å².